The normalized spacial score (nSPS) is 10.8. The van der Waals surface area contributed by atoms with E-state index in [0.717, 1.165) is 5.69 Å². The Bertz CT molecular complexity index is 557. The summed E-state index contributed by atoms with van der Waals surface area (Å²) in [6.45, 7) is 3.19. The molecule has 0 unspecified atom stereocenters. The van der Waals surface area contributed by atoms with Crippen LogP contribution in [0.5, 0.6) is 5.75 Å². The van der Waals surface area contributed by atoms with Gasteiger partial charge in [-0.15, -0.1) is 11.3 Å². The number of aromatic hydroxyl groups is 1. The van der Waals surface area contributed by atoms with Crippen molar-refractivity contribution in [3.05, 3.63) is 43.8 Å². The third kappa shape index (κ3) is 3.14. The van der Waals surface area contributed by atoms with Crippen LogP contribution in [-0.2, 0) is 13.1 Å². The van der Waals surface area contributed by atoms with Crippen molar-refractivity contribution in [3.8, 4) is 5.75 Å². The Morgan fingerprint density at radius 2 is 2.11 bits per heavy atom. The summed E-state index contributed by atoms with van der Waals surface area (Å²) in [5.74, 6) is 0.0783. The molecule has 96 valence electrons. The Morgan fingerprint density at radius 1 is 1.33 bits per heavy atom. The minimum Gasteiger partial charge on any atom is -0.506 e. The molecule has 0 spiro atoms. The van der Waals surface area contributed by atoms with Crippen molar-refractivity contribution in [3.63, 3.8) is 0 Å². The van der Waals surface area contributed by atoms with Gasteiger partial charge in [0.1, 0.15) is 5.75 Å². The maximum Gasteiger partial charge on any atom is 0.138 e. The van der Waals surface area contributed by atoms with Crippen molar-refractivity contribution >= 4 is 34.5 Å². The number of rotatable bonds is 4. The van der Waals surface area contributed by atoms with E-state index in [0.29, 0.717) is 23.7 Å². The molecule has 0 amide bonds. The van der Waals surface area contributed by atoms with Crippen molar-refractivity contribution in [1.82, 2.24) is 10.3 Å². The van der Waals surface area contributed by atoms with Crippen LogP contribution in [0.25, 0.3) is 0 Å². The van der Waals surface area contributed by atoms with Crippen LogP contribution in [-0.4, -0.2) is 10.1 Å². The summed E-state index contributed by atoms with van der Waals surface area (Å²) in [4.78, 5) is 5.36. The second-order valence-electron chi connectivity index (χ2n) is 3.86. The van der Waals surface area contributed by atoms with Gasteiger partial charge in [0.25, 0.3) is 0 Å². The van der Waals surface area contributed by atoms with Crippen LogP contribution in [0.3, 0.4) is 0 Å². The number of phenols is 1. The number of halogens is 2. The average Bonchev–Trinajstić information content (AvgIpc) is 2.71. The molecule has 0 saturated heterocycles. The van der Waals surface area contributed by atoms with Crippen molar-refractivity contribution in [2.45, 2.75) is 20.0 Å². The lowest BCUT2D eigenvalue weighted by atomic mass is 10.2. The molecule has 0 bridgehead atoms. The zero-order valence-electron chi connectivity index (χ0n) is 9.70. The molecule has 0 radical (unpaired) electrons. The molecule has 1 heterocycles. The van der Waals surface area contributed by atoms with E-state index in [2.05, 4.69) is 10.3 Å². The van der Waals surface area contributed by atoms with Gasteiger partial charge >= 0.3 is 0 Å². The van der Waals surface area contributed by atoms with Gasteiger partial charge in [-0.3, -0.25) is 0 Å². The lowest BCUT2D eigenvalue weighted by Crippen LogP contribution is -2.12. The first-order chi connectivity index (χ1) is 8.58. The predicted molar refractivity (Wildman–Crippen MR) is 75.5 cm³/mol. The van der Waals surface area contributed by atoms with E-state index >= 15 is 0 Å². The monoisotopic (exact) mass is 302 g/mol. The fourth-order valence-corrected chi connectivity index (χ4v) is 2.84. The molecular weight excluding hydrogens is 291 g/mol. The van der Waals surface area contributed by atoms with Crippen molar-refractivity contribution in [2.24, 2.45) is 0 Å². The Morgan fingerprint density at radius 3 is 2.78 bits per heavy atom. The van der Waals surface area contributed by atoms with E-state index in [9.17, 15) is 5.11 Å². The van der Waals surface area contributed by atoms with Crippen LogP contribution in [0.2, 0.25) is 10.0 Å². The van der Waals surface area contributed by atoms with Gasteiger partial charge in [0.05, 0.1) is 16.2 Å². The number of aryl methyl sites for hydroxylation is 1. The molecular formula is C12H12Cl2N2OS. The van der Waals surface area contributed by atoms with Gasteiger partial charge in [0.2, 0.25) is 0 Å². The molecule has 0 fully saturated rings. The van der Waals surface area contributed by atoms with E-state index < -0.39 is 0 Å². The highest BCUT2D eigenvalue weighted by Gasteiger charge is 2.08. The minimum atomic E-state index is 0.0783. The lowest BCUT2D eigenvalue weighted by molar-refractivity contribution is 0.465. The van der Waals surface area contributed by atoms with Gasteiger partial charge < -0.3 is 10.4 Å². The van der Waals surface area contributed by atoms with Gasteiger partial charge in [-0.25, -0.2) is 4.98 Å². The molecule has 0 aliphatic heterocycles. The number of aromatic nitrogens is 1. The van der Waals surface area contributed by atoms with E-state index in [1.54, 1.807) is 17.4 Å². The highest BCUT2D eigenvalue weighted by molar-refractivity contribution is 7.09. The number of thiazole rings is 1. The van der Waals surface area contributed by atoms with E-state index in [-0.39, 0.29) is 10.8 Å². The third-order valence-electron chi connectivity index (χ3n) is 2.55. The van der Waals surface area contributed by atoms with Crippen molar-refractivity contribution < 1.29 is 5.11 Å². The lowest BCUT2D eigenvalue weighted by Gasteiger charge is -2.08. The van der Waals surface area contributed by atoms with E-state index in [1.807, 2.05) is 12.4 Å². The summed E-state index contributed by atoms with van der Waals surface area (Å²) in [6, 6.07) is 3.23. The number of nitrogens with zero attached hydrogens (tertiary/aromatic N) is 1. The molecule has 2 N–H and O–H groups in total. The zero-order chi connectivity index (χ0) is 13.1. The summed E-state index contributed by atoms with van der Waals surface area (Å²) in [5, 5.41) is 13.8. The Balaban J connectivity index is 2.01. The van der Waals surface area contributed by atoms with E-state index in [4.69, 9.17) is 23.2 Å². The summed E-state index contributed by atoms with van der Waals surface area (Å²) in [5.41, 5.74) is 3.54. The Labute approximate surface area is 119 Å². The van der Waals surface area contributed by atoms with Crippen LogP contribution in [0.1, 0.15) is 16.1 Å². The number of hydrogen-bond acceptors (Lipinski definition) is 4. The maximum absolute atomic E-state index is 9.79. The topological polar surface area (TPSA) is 45.2 Å². The largest absolute Gasteiger partial charge is 0.506 e. The van der Waals surface area contributed by atoms with Crippen LogP contribution in [0, 0.1) is 6.92 Å². The molecule has 0 aliphatic carbocycles. The van der Waals surface area contributed by atoms with Crippen molar-refractivity contribution in [1.29, 1.82) is 0 Å². The van der Waals surface area contributed by atoms with Crippen LogP contribution in [0.4, 0.5) is 0 Å². The Kier molecular flexibility index (Phi) is 4.45. The Hall–Kier alpha value is -0.810. The molecule has 0 atom stereocenters. The smallest absolute Gasteiger partial charge is 0.138 e. The van der Waals surface area contributed by atoms with Gasteiger partial charge in [0.15, 0.2) is 0 Å². The summed E-state index contributed by atoms with van der Waals surface area (Å²) in [6.07, 6.45) is 0. The standard InChI is InChI=1S/C12H12Cl2N2OS/c1-7-11(18-6-16-7)5-15-4-8-2-9(13)3-10(14)12(8)17/h2-3,6,15,17H,4-5H2,1H3. The summed E-state index contributed by atoms with van der Waals surface area (Å²) < 4.78 is 0. The van der Waals surface area contributed by atoms with Gasteiger partial charge in [-0.1, -0.05) is 23.2 Å². The quantitative estimate of drug-likeness (QED) is 0.904. The fourth-order valence-electron chi connectivity index (χ4n) is 1.56. The molecule has 18 heavy (non-hydrogen) atoms. The predicted octanol–water partition coefficient (Wildman–Crippen LogP) is 3.75. The number of nitrogens with one attached hydrogen (secondary N) is 1. The molecule has 1 aromatic heterocycles. The highest BCUT2D eigenvalue weighted by Crippen LogP contribution is 2.31. The molecule has 0 saturated carbocycles. The first-order valence-corrected chi connectivity index (χ1v) is 6.98. The SMILES string of the molecule is Cc1ncsc1CNCc1cc(Cl)cc(Cl)c1O. The van der Waals surface area contributed by atoms with Crippen LogP contribution in [0.15, 0.2) is 17.6 Å². The number of hydrogen-bond donors (Lipinski definition) is 2. The molecule has 2 rings (SSSR count). The number of phenolic OH excluding ortho intramolecular Hbond substituents is 1. The van der Waals surface area contributed by atoms with Gasteiger partial charge in [0, 0.05) is 28.6 Å². The summed E-state index contributed by atoms with van der Waals surface area (Å²) >= 11 is 13.4. The highest BCUT2D eigenvalue weighted by atomic mass is 35.5. The minimum absolute atomic E-state index is 0.0783. The second kappa shape index (κ2) is 5.89. The molecule has 0 aliphatic rings. The first kappa shape index (κ1) is 13.6. The van der Waals surface area contributed by atoms with Gasteiger partial charge in [-0.2, -0.15) is 0 Å². The van der Waals surface area contributed by atoms with Crippen LogP contribution >= 0.6 is 34.5 Å². The third-order valence-corrected chi connectivity index (χ3v) is 3.99. The second-order valence-corrected chi connectivity index (χ2v) is 5.64. The number of benzene rings is 1. The maximum atomic E-state index is 9.79. The van der Waals surface area contributed by atoms with Crippen molar-refractivity contribution in [2.75, 3.05) is 0 Å². The van der Waals surface area contributed by atoms with Gasteiger partial charge in [-0.05, 0) is 19.1 Å². The van der Waals surface area contributed by atoms with Crippen LogP contribution < -0.4 is 5.32 Å². The fraction of sp³-hybridized carbons (Fsp3) is 0.250. The average molecular weight is 303 g/mol. The first-order valence-electron chi connectivity index (χ1n) is 5.34. The molecule has 6 heteroatoms. The molecule has 2 aromatic rings. The summed E-state index contributed by atoms with van der Waals surface area (Å²) in [7, 11) is 0. The molecule has 3 nitrogen and oxygen atoms in total. The zero-order valence-corrected chi connectivity index (χ0v) is 12.0. The molecule has 1 aromatic carbocycles. The van der Waals surface area contributed by atoms with E-state index in [1.165, 1.54) is 10.9 Å².